The van der Waals surface area contributed by atoms with Crippen LogP contribution in [0.5, 0.6) is 0 Å². The van der Waals surface area contributed by atoms with E-state index in [9.17, 15) is 17.7 Å². The first-order valence-electron chi connectivity index (χ1n) is 4.55. The molecule has 80 valence electrons. The molecule has 0 aliphatic carbocycles. The number of halogens is 3. The smallest absolute Gasteiger partial charge is 0.448 e. The molecule has 0 atom stereocenters. The van der Waals surface area contributed by atoms with Crippen molar-refractivity contribution in [1.29, 1.82) is 0 Å². The molecule has 1 heterocycles. The molecule has 0 bridgehead atoms. The van der Waals surface area contributed by atoms with Crippen LogP contribution < -0.4 is 51.4 Å². The molecule has 16 heavy (non-hydrogen) atoms. The predicted molar refractivity (Wildman–Crippen MR) is 50.3 cm³/mol. The summed E-state index contributed by atoms with van der Waals surface area (Å²) in [7, 11) is 0. The van der Waals surface area contributed by atoms with E-state index in [1.54, 1.807) is 24.3 Å². The average molecular weight is 253 g/mol. The van der Waals surface area contributed by atoms with Crippen molar-refractivity contribution in [3.05, 3.63) is 35.4 Å². The summed E-state index contributed by atoms with van der Waals surface area (Å²) >= 11 is 0. The number of carbonyl (C=O) groups excluding carboxylic acids is 1. The molecule has 0 fully saturated rings. The van der Waals surface area contributed by atoms with Gasteiger partial charge in [0, 0.05) is 12.1 Å². The number of carbonyl (C=O) groups is 1. The van der Waals surface area contributed by atoms with Crippen molar-refractivity contribution in [3.8, 4) is 0 Å². The van der Waals surface area contributed by atoms with Crippen LogP contribution in [0.15, 0.2) is 24.3 Å². The summed E-state index contributed by atoms with van der Waals surface area (Å²) < 4.78 is 36.5. The van der Waals surface area contributed by atoms with Gasteiger partial charge in [-0.2, -0.15) is 0 Å². The molecule has 0 unspecified atom stereocenters. The monoisotopic (exact) mass is 253 g/mol. The Balaban J connectivity index is 0.00000128. The predicted octanol–water partition coefficient (Wildman–Crippen LogP) is -0.967. The van der Waals surface area contributed by atoms with Crippen LogP contribution >= 0.6 is 0 Å². The van der Waals surface area contributed by atoms with Crippen molar-refractivity contribution in [2.24, 2.45) is 0 Å². The quantitative estimate of drug-likeness (QED) is 0.621. The molecule has 2 rings (SSSR count). The van der Waals surface area contributed by atoms with Crippen molar-refractivity contribution < 1.29 is 69.1 Å². The molecule has 1 aromatic rings. The van der Waals surface area contributed by atoms with Crippen LogP contribution in [0.1, 0.15) is 15.9 Å². The van der Waals surface area contributed by atoms with E-state index in [1.165, 1.54) is 0 Å². The van der Waals surface area contributed by atoms with E-state index >= 15 is 0 Å². The topological polar surface area (TPSA) is 20.3 Å². The van der Waals surface area contributed by atoms with Gasteiger partial charge in [0.25, 0.3) is 5.91 Å². The van der Waals surface area contributed by atoms with E-state index < -0.39 is 19.3 Å². The second-order valence-corrected chi connectivity index (χ2v) is 3.55. The van der Waals surface area contributed by atoms with Gasteiger partial charge in [-0.3, -0.25) is 4.79 Å². The average Bonchev–Trinajstić information content (AvgIpc) is 2.42. The first kappa shape index (κ1) is 14.2. The molecule has 0 spiro atoms. The third kappa shape index (κ3) is 3.10. The van der Waals surface area contributed by atoms with Gasteiger partial charge in [0.2, 0.25) is 0 Å². The Labute approximate surface area is 134 Å². The largest absolute Gasteiger partial charge is 1.00 e. The Kier molecular flexibility index (Phi) is 4.65. The normalized spacial score (nSPS) is 14.7. The van der Waals surface area contributed by atoms with Crippen LogP contribution in [0.3, 0.4) is 0 Å². The Morgan fingerprint density at radius 1 is 1.25 bits per heavy atom. The maximum absolute atomic E-state index is 12.2. The van der Waals surface area contributed by atoms with Crippen molar-refractivity contribution >= 4 is 12.9 Å². The molecule has 1 aliphatic heterocycles. The van der Waals surface area contributed by atoms with Gasteiger partial charge in [0.1, 0.15) is 0 Å². The standard InChI is InChI=1S/C9H8BF3NO.K/c11-10(12,13)6-14-5-7-3-1-2-4-8(7)9(14)15;/h1-4H,5-6H2;/q-1;+1. The third-order valence-corrected chi connectivity index (χ3v) is 2.32. The molecule has 1 aromatic carbocycles. The maximum atomic E-state index is 12.2. The molecule has 0 radical (unpaired) electrons. The van der Waals surface area contributed by atoms with E-state index in [1.807, 2.05) is 0 Å². The number of hydrogen-bond acceptors (Lipinski definition) is 1. The summed E-state index contributed by atoms with van der Waals surface area (Å²) in [5.74, 6) is -0.523. The van der Waals surface area contributed by atoms with Crippen molar-refractivity contribution in [3.63, 3.8) is 0 Å². The third-order valence-electron chi connectivity index (χ3n) is 2.32. The molecule has 0 saturated heterocycles. The Hall–Kier alpha value is 0.181. The van der Waals surface area contributed by atoms with Gasteiger partial charge in [0.15, 0.2) is 0 Å². The van der Waals surface area contributed by atoms with Crippen LogP contribution in [0.2, 0.25) is 0 Å². The van der Waals surface area contributed by atoms with Crippen LogP contribution in [0, 0.1) is 0 Å². The van der Waals surface area contributed by atoms with Crippen molar-refractivity contribution in [1.82, 2.24) is 4.90 Å². The van der Waals surface area contributed by atoms with Gasteiger partial charge < -0.3 is 17.8 Å². The Morgan fingerprint density at radius 3 is 2.44 bits per heavy atom. The van der Waals surface area contributed by atoms with Gasteiger partial charge in [-0.05, 0) is 18.1 Å². The number of nitrogens with zero attached hydrogens (tertiary/aromatic N) is 1. The SMILES string of the molecule is O=C1c2ccccc2CN1C[B-](F)(F)F.[K+]. The molecular weight excluding hydrogens is 245 g/mol. The molecule has 2 nitrogen and oxygen atoms in total. The first-order valence-corrected chi connectivity index (χ1v) is 4.55. The number of hydrogen-bond donors (Lipinski definition) is 0. The van der Waals surface area contributed by atoms with Crippen LogP contribution in [0.4, 0.5) is 12.9 Å². The molecule has 0 aromatic heterocycles. The first-order chi connectivity index (χ1) is 6.97. The summed E-state index contributed by atoms with van der Waals surface area (Å²) in [4.78, 5) is 12.3. The number of rotatable bonds is 2. The van der Waals surface area contributed by atoms with Crippen molar-refractivity contribution in [2.75, 3.05) is 6.44 Å². The molecular formula is C9H8BF3KNO. The van der Waals surface area contributed by atoms with E-state index in [0.29, 0.717) is 11.1 Å². The zero-order valence-corrected chi connectivity index (χ0v) is 11.9. The molecule has 1 amide bonds. The number of fused-ring (bicyclic) bond motifs is 1. The molecule has 0 saturated carbocycles. The van der Waals surface area contributed by atoms with Gasteiger partial charge in [-0.25, -0.2) is 0 Å². The van der Waals surface area contributed by atoms with Crippen molar-refractivity contribution in [2.45, 2.75) is 6.54 Å². The van der Waals surface area contributed by atoms with Crippen LogP contribution in [-0.2, 0) is 6.54 Å². The van der Waals surface area contributed by atoms with Gasteiger partial charge in [-0.15, -0.1) is 0 Å². The summed E-state index contributed by atoms with van der Waals surface area (Å²) in [5, 5.41) is 0. The van der Waals surface area contributed by atoms with E-state index in [2.05, 4.69) is 0 Å². The summed E-state index contributed by atoms with van der Waals surface area (Å²) in [6.07, 6.45) is -1.12. The van der Waals surface area contributed by atoms with Crippen LogP contribution in [0.25, 0.3) is 0 Å². The molecule has 1 aliphatic rings. The number of benzene rings is 1. The fourth-order valence-electron chi connectivity index (χ4n) is 1.71. The summed E-state index contributed by atoms with van der Waals surface area (Å²) in [6, 6.07) is 6.60. The molecule has 7 heteroatoms. The summed E-state index contributed by atoms with van der Waals surface area (Å²) in [6.45, 7) is -4.88. The fourth-order valence-corrected chi connectivity index (χ4v) is 1.71. The second-order valence-electron chi connectivity index (χ2n) is 3.55. The minimum absolute atomic E-state index is 0. The maximum Gasteiger partial charge on any atom is 1.00 e. The fraction of sp³-hybridized carbons (Fsp3) is 0.222. The number of amides is 1. The minimum atomic E-state index is -4.95. The second kappa shape index (κ2) is 5.22. The van der Waals surface area contributed by atoms with Gasteiger partial charge in [0.05, 0.1) is 0 Å². The summed E-state index contributed by atoms with van der Waals surface area (Å²) in [5.41, 5.74) is 1.06. The Bertz CT molecular complexity index is 410. The van der Waals surface area contributed by atoms with Gasteiger partial charge in [-0.1, -0.05) is 18.2 Å². The zero-order chi connectivity index (χ0) is 11.1. The van der Waals surface area contributed by atoms with E-state index in [-0.39, 0.29) is 57.9 Å². The zero-order valence-electron chi connectivity index (χ0n) is 8.79. The van der Waals surface area contributed by atoms with E-state index in [0.717, 1.165) is 4.90 Å². The van der Waals surface area contributed by atoms with E-state index in [4.69, 9.17) is 0 Å². The Morgan fingerprint density at radius 2 is 1.88 bits per heavy atom. The van der Waals surface area contributed by atoms with Gasteiger partial charge >= 0.3 is 58.4 Å². The minimum Gasteiger partial charge on any atom is -0.448 e. The molecule has 0 N–H and O–H groups in total. The van der Waals surface area contributed by atoms with Crippen LogP contribution in [-0.4, -0.2) is 24.2 Å².